The Labute approximate surface area is 158 Å². The second kappa shape index (κ2) is 6.88. The third-order valence-electron chi connectivity index (χ3n) is 5.04. The van der Waals surface area contributed by atoms with Crippen LogP contribution in [0.4, 0.5) is 0 Å². The molecule has 0 bridgehead atoms. The van der Waals surface area contributed by atoms with Crippen LogP contribution in [0.1, 0.15) is 36.3 Å². The second-order valence-corrected chi connectivity index (χ2v) is 7.10. The Morgan fingerprint density at radius 2 is 1.85 bits per heavy atom. The number of carbonyl (C=O) groups excluding carboxylic acids is 1. The molecule has 0 spiro atoms. The van der Waals surface area contributed by atoms with Gasteiger partial charge in [-0.3, -0.25) is 4.79 Å². The minimum absolute atomic E-state index is 0.112. The van der Waals surface area contributed by atoms with Gasteiger partial charge in [0, 0.05) is 27.9 Å². The van der Waals surface area contributed by atoms with E-state index in [4.69, 9.17) is 4.98 Å². The number of fused-ring (bicyclic) bond motifs is 3. The van der Waals surface area contributed by atoms with Crippen molar-refractivity contribution in [3.05, 3.63) is 65.9 Å². The summed E-state index contributed by atoms with van der Waals surface area (Å²) in [4.78, 5) is 21.0. The number of nitrogens with zero attached hydrogens (tertiary/aromatic N) is 1. The van der Waals surface area contributed by atoms with Gasteiger partial charge in [0.2, 0.25) is 0 Å². The summed E-state index contributed by atoms with van der Waals surface area (Å²) in [5.41, 5.74) is 5.44. The average Bonchev–Trinajstić information content (AvgIpc) is 3.06. The predicted molar refractivity (Wildman–Crippen MR) is 111 cm³/mol. The number of para-hydroxylation sites is 1. The molecule has 0 fully saturated rings. The summed E-state index contributed by atoms with van der Waals surface area (Å²) in [6.07, 6.45) is 0.881. The molecule has 0 saturated heterocycles. The number of carbonyl (C=O) groups is 1. The Balaban J connectivity index is 1.96. The molecule has 0 saturated carbocycles. The van der Waals surface area contributed by atoms with Crippen LogP contribution in [0.5, 0.6) is 0 Å². The molecular weight excluding hydrogens is 334 g/mol. The van der Waals surface area contributed by atoms with Crippen molar-refractivity contribution >= 4 is 27.7 Å². The Hall–Kier alpha value is -3.14. The van der Waals surface area contributed by atoms with Crippen molar-refractivity contribution in [1.29, 1.82) is 0 Å². The Morgan fingerprint density at radius 1 is 1.11 bits per heavy atom. The first-order valence-electron chi connectivity index (χ1n) is 9.36. The quantitative estimate of drug-likeness (QED) is 0.526. The van der Waals surface area contributed by atoms with E-state index >= 15 is 0 Å². The van der Waals surface area contributed by atoms with Gasteiger partial charge < -0.3 is 10.3 Å². The standard InChI is InChI=1S/C23H23N3O/c1-4-15(3)24-23(27)20-13-18-17-7-5-6-8-19(17)25-22(18)21(26-20)16-11-9-14(2)10-12-16/h5-13,15,25H,4H2,1-3H3,(H,24,27). The van der Waals surface area contributed by atoms with Crippen LogP contribution in [0.3, 0.4) is 0 Å². The Kier molecular flexibility index (Phi) is 4.40. The van der Waals surface area contributed by atoms with E-state index in [-0.39, 0.29) is 11.9 Å². The SMILES string of the molecule is CCC(C)NC(=O)c1cc2c([nH]c3ccccc32)c(-c2ccc(C)cc2)n1. The zero-order valence-corrected chi connectivity index (χ0v) is 15.8. The summed E-state index contributed by atoms with van der Waals surface area (Å²) in [6, 6.07) is 18.4. The van der Waals surface area contributed by atoms with Gasteiger partial charge in [0.25, 0.3) is 5.91 Å². The zero-order chi connectivity index (χ0) is 19.0. The smallest absolute Gasteiger partial charge is 0.270 e. The highest BCUT2D eigenvalue weighted by atomic mass is 16.1. The normalized spacial score (nSPS) is 12.4. The van der Waals surface area contributed by atoms with Gasteiger partial charge in [-0.1, -0.05) is 55.0 Å². The largest absolute Gasteiger partial charge is 0.353 e. The molecular formula is C23H23N3O. The van der Waals surface area contributed by atoms with Crippen LogP contribution in [0.25, 0.3) is 33.1 Å². The van der Waals surface area contributed by atoms with Crippen LogP contribution in [-0.2, 0) is 0 Å². The van der Waals surface area contributed by atoms with Crippen LogP contribution >= 0.6 is 0 Å². The Bertz CT molecular complexity index is 1130. The van der Waals surface area contributed by atoms with Crippen molar-refractivity contribution in [2.24, 2.45) is 0 Å². The third kappa shape index (κ3) is 3.19. The molecule has 1 unspecified atom stereocenters. The number of H-pyrrole nitrogens is 1. The van der Waals surface area contributed by atoms with Crippen LogP contribution in [-0.4, -0.2) is 21.9 Å². The highest BCUT2D eigenvalue weighted by molar-refractivity contribution is 6.13. The van der Waals surface area contributed by atoms with Crippen molar-refractivity contribution in [2.45, 2.75) is 33.2 Å². The first kappa shape index (κ1) is 17.3. The number of rotatable bonds is 4. The lowest BCUT2D eigenvalue weighted by Gasteiger charge is -2.12. The molecule has 4 rings (SSSR count). The lowest BCUT2D eigenvalue weighted by molar-refractivity contribution is 0.0934. The molecule has 136 valence electrons. The van der Waals surface area contributed by atoms with Gasteiger partial charge in [0.05, 0.1) is 11.2 Å². The summed E-state index contributed by atoms with van der Waals surface area (Å²) in [5, 5.41) is 5.14. The third-order valence-corrected chi connectivity index (χ3v) is 5.04. The average molecular weight is 357 g/mol. The van der Waals surface area contributed by atoms with E-state index in [2.05, 4.69) is 54.5 Å². The van der Waals surface area contributed by atoms with E-state index in [0.29, 0.717) is 5.69 Å². The van der Waals surface area contributed by atoms with E-state index in [1.165, 1.54) is 5.56 Å². The van der Waals surface area contributed by atoms with Crippen molar-refractivity contribution in [2.75, 3.05) is 0 Å². The summed E-state index contributed by atoms with van der Waals surface area (Å²) in [6.45, 7) is 6.12. The fourth-order valence-electron chi connectivity index (χ4n) is 3.28. The number of pyridine rings is 1. The van der Waals surface area contributed by atoms with Crippen LogP contribution in [0.15, 0.2) is 54.6 Å². The van der Waals surface area contributed by atoms with Gasteiger partial charge in [0.1, 0.15) is 5.69 Å². The van der Waals surface area contributed by atoms with Gasteiger partial charge in [-0.05, 0) is 32.4 Å². The van der Waals surface area contributed by atoms with Crippen LogP contribution < -0.4 is 5.32 Å². The Morgan fingerprint density at radius 3 is 2.59 bits per heavy atom. The molecule has 0 aliphatic carbocycles. The van der Waals surface area contributed by atoms with Gasteiger partial charge in [-0.2, -0.15) is 0 Å². The lowest BCUT2D eigenvalue weighted by Crippen LogP contribution is -2.32. The summed E-state index contributed by atoms with van der Waals surface area (Å²) < 4.78 is 0. The molecule has 2 aromatic carbocycles. The van der Waals surface area contributed by atoms with E-state index in [1.807, 2.05) is 31.2 Å². The van der Waals surface area contributed by atoms with Crippen molar-refractivity contribution in [1.82, 2.24) is 15.3 Å². The molecule has 1 atom stereocenters. The number of hydrogen-bond acceptors (Lipinski definition) is 2. The second-order valence-electron chi connectivity index (χ2n) is 7.10. The van der Waals surface area contributed by atoms with Crippen LogP contribution in [0, 0.1) is 6.92 Å². The number of aryl methyl sites for hydroxylation is 1. The van der Waals surface area contributed by atoms with E-state index < -0.39 is 0 Å². The van der Waals surface area contributed by atoms with E-state index in [9.17, 15) is 4.79 Å². The number of aromatic amines is 1. The number of benzene rings is 2. The lowest BCUT2D eigenvalue weighted by atomic mass is 10.0. The van der Waals surface area contributed by atoms with Crippen molar-refractivity contribution in [3.63, 3.8) is 0 Å². The molecule has 1 amide bonds. The highest BCUT2D eigenvalue weighted by Crippen LogP contribution is 2.32. The zero-order valence-electron chi connectivity index (χ0n) is 15.8. The minimum atomic E-state index is -0.134. The summed E-state index contributed by atoms with van der Waals surface area (Å²) in [5.74, 6) is -0.134. The van der Waals surface area contributed by atoms with Gasteiger partial charge in [0.15, 0.2) is 0 Å². The number of hydrogen-bond donors (Lipinski definition) is 2. The maximum absolute atomic E-state index is 12.8. The van der Waals surface area contributed by atoms with Crippen molar-refractivity contribution in [3.8, 4) is 11.3 Å². The molecule has 4 nitrogen and oxygen atoms in total. The number of amides is 1. The maximum atomic E-state index is 12.8. The van der Waals surface area contributed by atoms with Gasteiger partial charge in [-0.15, -0.1) is 0 Å². The maximum Gasteiger partial charge on any atom is 0.270 e. The molecule has 2 aromatic heterocycles. The fraction of sp³-hybridized carbons (Fsp3) is 0.217. The molecule has 4 heteroatoms. The molecule has 27 heavy (non-hydrogen) atoms. The molecule has 2 heterocycles. The summed E-state index contributed by atoms with van der Waals surface area (Å²) in [7, 11) is 0. The van der Waals surface area contributed by atoms with Gasteiger partial charge >= 0.3 is 0 Å². The summed E-state index contributed by atoms with van der Waals surface area (Å²) >= 11 is 0. The number of aromatic nitrogens is 2. The van der Waals surface area contributed by atoms with E-state index in [0.717, 1.165) is 39.5 Å². The number of nitrogens with one attached hydrogen (secondary N) is 2. The van der Waals surface area contributed by atoms with E-state index in [1.54, 1.807) is 0 Å². The highest BCUT2D eigenvalue weighted by Gasteiger charge is 2.17. The molecule has 2 N–H and O–H groups in total. The fourth-order valence-corrected chi connectivity index (χ4v) is 3.28. The monoisotopic (exact) mass is 357 g/mol. The molecule has 0 aliphatic heterocycles. The van der Waals surface area contributed by atoms with Crippen molar-refractivity contribution < 1.29 is 4.79 Å². The minimum Gasteiger partial charge on any atom is -0.353 e. The topological polar surface area (TPSA) is 57.8 Å². The first-order valence-corrected chi connectivity index (χ1v) is 9.36. The molecule has 0 aliphatic rings. The first-order chi connectivity index (χ1) is 13.1. The van der Waals surface area contributed by atoms with Gasteiger partial charge in [-0.25, -0.2) is 4.98 Å². The molecule has 0 radical (unpaired) electrons. The van der Waals surface area contributed by atoms with Crippen LogP contribution in [0.2, 0.25) is 0 Å². The molecule has 4 aromatic rings. The predicted octanol–water partition coefficient (Wildman–Crippen LogP) is 5.22.